The van der Waals surface area contributed by atoms with Gasteiger partial charge in [-0.15, -0.1) is 0 Å². The van der Waals surface area contributed by atoms with E-state index in [0.717, 1.165) is 13.0 Å². The highest BCUT2D eigenvalue weighted by atomic mass is 16.6. The van der Waals surface area contributed by atoms with E-state index < -0.39 is 4.92 Å². The number of hydrogen-bond acceptors (Lipinski definition) is 5. The first kappa shape index (κ1) is 12.6. The molecular formula is C12H18N4O2. The molecule has 0 bridgehead atoms. The van der Waals surface area contributed by atoms with E-state index in [2.05, 4.69) is 22.5 Å². The summed E-state index contributed by atoms with van der Waals surface area (Å²) in [6, 6.07) is 2.91. The van der Waals surface area contributed by atoms with Crippen molar-refractivity contribution < 1.29 is 4.92 Å². The van der Waals surface area contributed by atoms with Gasteiger partial charge in [-0.2, -0.15) is 0 Å². The highest BCUT2D eigenvalue weighted by Crippen LogP contribution is 2.48. The van der Waals surface area contributed by atoms with Crippen molar-refractivity contribution in [2.45, 2.75) is 26.2 Å². The van der Waals surface area contributed by atoms with E-state index in [4.69, 9.17) is 0 Å². The molecule has 1 aliphatic rings. The Morgan fingerprint density at radius 2 is 2.11 bits per heavy atom. The summed E-state index contributed by atoms with van der Waals surface area (Å²) >= 11 is 0. The van der Waals surface area contributed by atoms with Gasteiger partial charge in [0.2, 0.25) is 0 Å². The molecule has 1 saturated carbocycles. The van der Waals surface area contributed by atoms with Crippen molar-refractivity contribution in [1.82, 2.24) is 4.98 Å². The Hall–Kier alpha value is -1.85. The number of aromatic nitrogens is 1. The van der Waals surface area contributed by atoms with Crippen LogP contribution < -0.4 is 10.6 Å². The molecule has 0 radical (unpaired) electrons. The third-order valence-corrected chi connectivity index (χ3v) is 3.63. The molecule has 1 aromatic heterocycles. The number of hydrogen-bond donors (Lipinski definition) is 2. The zero-order valence-corrected chi connectivity index (χ0v) is 10.7. The van der Waals surface area contributed by atoms with Gasteiger partial charge in [0.15, 0.2) is 0 Å². The van der Waals surface area contributed by atoms with Crippen LogP contribution in [0.4, 0.5) is 17.3 Å². The molecule has 98 valence electrons. The molecule has 2 rings (SSSR count). The van der Waals surface area contributed by atoms with Crippen molar-refractivity contribution in [2.24, 2.45) is 5.41 Å². The van der Waals surface area contributed by atoms with E-state index in [1.54, 1.807) is 7.05 Å². The molecule has 0 unspecified atom stereocenters. The summed E-state index contributed by atoms with van der Waals surface area (Å²) < 4.78 is 0. The van der Waals surface area contributed by atoms with Crippen LogP contribution in [0.5, 0.6) is 0 Å². The summed E-state index contributed by atoms with van der Waals surface area (Å²) in [7, 11) is 1.70. The van der Waals surface area contributed by atoms with Crippen LogP contribution in [0.1, 0.15) is 26.2 Å². The highest BCUT2D eigenvalue weighted by Gasteiger charge is 2.40. The molecule has 1 aromatic rings. The molecule has 0 aliphatic heterocycles. The Bertz CT molecular complexity index is 457. The van der Waals surface area contributed by atoms with Gasteiger partial charge in [0.05, 0.1) is 17.1 Å². The molecule has 0 atom stereocenters. The van der Waals surface area contributed by atoms with Gasteiger partial charge in [0.25, 0.3) is 5.69 Å². The SMILES string of the molecule is CCC1(CNc2cc([N+](=O)[O-])cc(NC)n2)CC1. The first-order valence-electron chi connectivity index (χ1n) is 6.17. The Kier molecular flexibility index (Phi) is 3.36. The van der Waals surface area contributed by atoms with Crippen LogP contribution in [-0.4, -0.2) is 23.5 Å². The molecular weight excluding hydrogens is 232 g/mol. The van der Waals surface area contributed by atoms with E-state index in [0.29, 0.717) is 17.1 Å². The fourth-order valence-electron chi connectivity index (χ4n) is 1.95. The Labute approximate surface area is 106 Å². The molecule has 1 fully saturated rings. The van der Waals surface area contributed by atoms with Crippen LogP contribution in [0.2, 0.25) is 0 Å². The third kappa shape index (κ3) is 2.69. The van der Waals surface area contributed by atoms with Gasteiger partial charge in [0, 0.05) is 13.6 Å². The van der Waals surface area contributed by atoms with Crippen LogP contribution >= 0.6 is 0 Å². The van der Waals surface area contributed by atoms with E-state index >= 15 is 0 Å². The van der Waals surface area contributed by atoms with Crippen LogP contribution in [-0.2, 0) is 0 Å². The van der Waals surface area contributed by atoms with Gasteiger partial charge >= 0.3 is 0 Å². The number of pyridine rings is 1. The topological polar surface area (TPSA) is 80.1 Å². The number of anilines is 2. The summed E-state index contributed by atoms with van der Waals surface area (Å²) in [5, 5.41) is 16.9. The largest absolute Gasteiger partial charge is 0.373 e. The zero-order chi connectivity index (χ0) is 13.2. The van der Waals surface area contributed by atoms with Crippen molar-refractivity contribution >= 4 is 17.3 Å². The molecule has 0 amide bonds. The molecule has 6 heteroatoms. The van der Waals surface area contributed by atoms with Crippen molar-refractivity contribution in [3.63, 3.8) is 0 Å². The molecule has 0 spiro atoms. The molecule has 2 N–H and O–H groups in total. The van der Waals surface area contributed by atoms with Crippen molar-refractivity contribution in [1.29, 1.82) is 0 Å². The summed E-state index contributed by atoms with van der Waals surface area (Å²) in [5.41, 5.74) is 0.435. The molecule has 0 aromatic carbocycles. The van der Waals surface area contributed by atoms with Crippen LogP contribution in [0.25, 0.3) is 0 Å². The number of nitrogens with zero attached hydrogens (tertiary/aromatic N) is 2. The lowest BCUT2D eigenvalue weighted by molar-refractivity contribution is -0.384. The first-order valence-corrected chi connectivity index (χ1v) is 6.17. The molecule has 1 aliphatic carbocycles. The monoisotopic (exact) mass is 250 g/mol. The Morgan fingerprint density at radius 3 is 2.61 bits per heavy atom. The normalized spacial score (nSPS) is 16.1. The predicted molar refractivity (Wildman–Crippen MR) is 70.9 cm³/mol. The van der Waals surface area contributed by atoms with E-state index in [-0.39, 0.29) is 5.69 Å². The van der Waals surface area contributed by atoms with Gasteiger partial charge in [-0.25, -0.2) is 4.98 Å². The molecule has 1 heterocycles. The summed E-state index contributed by atoms with van der Waals surface area (Å²) in [4.78, 5) is 14.7. The minimum absolute atomic E-state index is 0.0539. The molecule has 0 saturated heterocycles. The maximum Gasteiger partial charge on any atom is 0.276 e. The lowest BCUT2D eigenvalue weighted by Gasteiger charge is -2.14. The molecule has 18 heavy (non-hydrogen) atoms. The van der Waals surface area contributed by atoms with Crippen molar-refractivity contribution in [2.75, 3.05) is 24.2 Å². The quantitative estimate of drug-likeness (QED) is 0.599. The predicted octanol–water partition coefficient (Wildman–Crippen LogP) is 2.63. The number of nitro groups is 1. The smallest absolute Gasteiger partial charge is 0.276 e. The van der Waals surface area contributed by atoms with Gasteiger partial charge in [0.1, 0.15) is 11.6 Å². The molecule has 6 nitrogen and oxygen atoms in total. The van der Waals surface area contributed by atoms with Gasteiger partial charge in [-0.3, -0.25) is 10.1 Å². The Morgan fingerprint density at radius 1 is 1.44 bits per heavy atom. The second-order valence-corrected chi connectivity index (χ2v) is 4.81. The van der Waals surface area contributed by atoms with Crippen molar-refractivity contribution in [3.8, 4) is 0 Å². The lowest BCUT2D eigenvalue weighted by Crippen LogP contribution is -2.15. The second-order valence-electron chi connectivity index (χ2n) is 4.81. The third-order valence-electron chi connectivity index (χ3n) is 3.63. The minimum atomic E-state index is -0.402. The fourth-order valence-corrected chi connectivity index (χ4v) is 1.95. The first-order chi connectivity index (χ1) is 8.58. The Balaban J connectivity index is 2.11. The highest BCUT2D eigenvalue weighted by molar-refractivity contribution is 5.54. The van der Waals surface area contributed by atoms with E-state index in [1.807, 2.05) is 0 Å². The average molecular weight is 250 g/mol. The summed E-state index contributed by atoms with van der Waals surface area (Å²) in [6.07, 6.45) is 3.59. The summed E-state index contributed by atoms with van der Waals surface area (Å²) in [6.45, 7) is 3.01. The maximum absolute atomic E-state index is 10.8. The minimum Gasteiger partial charge on any atom is -0.373 e. The van der Waals surface area contributed by atoms with Crippen LogP contribution in [0.3, 0.4) is 0 Å². The standard InChI is InChI=1S/C12H18N4O2/c1-3-12(4-5-12)8-14-11-7-9(16(17)18)6-10(13-2)15-11/h6-7H,3-5,8H2,1-2H3,(H2,13,14,15). The van der Waals surface area contributed by atoms with Crippen molar-refractivity contribution in [3.05, 3.63) is 22.2 Å². The van der Waals surface area contributed by atoms with Crippen LogP contribution in [0, 0.1) is 15.5 Å². The van der Waals surface area contributed by atoms with Gasteiger partial charge in [-0.1, -0.05) is 6.92 Å². The second kappa shape index (κ2) is 4.80. The average Bonchev–Trinajstić information content (AvgIpc) is 3.16. The lowest BCUT2D eigenvalue weighted by atomic mass is 10.0. The number of rotatable bonds is 6. The van der Waals surface area contributed by atoms with Gasteiger partial charge < -0.3 is 10.6 Å². The zero-order valence-electron chi connectivity index (χ0n) is 10.7. The van der Waals surface area contributed by atoms with E-state index in [1.165, 1.54) is 25.0 Å². The van der Waals surface area contributed by atoms with Gasteiger partial charge in [-0.05, 0) is 24.7 Å². The number of nitrogens with one attached hydrogen (secondary N) is 2. The summed E-state index contributed by atoms with van der Waals surface area (Å²) in [5.74, 6) is 1.07. The van der Waals surface area contributed by atoms with E-state index in [9.17, 15) is 10.1 Å². The van der Waals surface area contributed by atoms with Crippen LogP contribution in [0.15, 0.2) is 12.1 Å². The fraction of sp³-hybridized carbons (Fsp3) is 0.583. The maximum atomic E-state index is 10.8.